The van der Waals surface area contributed by atoms with Crippen molar-refractivity contribution >= 4 is 34.7 Å². The van der Waals surface area contributed by atoms with Crippen molar-refractivity contribution in [3.8, 4) is 0 Å². The summed E-state index contributed by atoms with van der Waals surface area (Å²) in [5, 5.41) is 3.41. The molecule has 0 aliphatic carbocycles. The molecule has 1 unspecified atom stereocenters. The van der Waals surface area contributed by atoms with E-state index >= 15 is 0 Å². The van der Waals surface area contributed by atoms with E-state index in [2.05, 4.69) is 5.32 Å². The molecule has 0 radical (unpaired) electrons. The minimum Gasteiger partial charge on any atom is -0.393 e. The highest BCUT2D eigenvalue weighted by Gasteiger charge is 2.13. The lowest BCUT2D eigenvalue weighted by molar-refractivity contribution is 0.0940. The Hall–Kier alpha value is -1.13. The number of nitrogens with one attached hydrogen (secondary N) is 1. The fourth-order valence-corrected chi connectivity index (χ4v) is 1.93. The number of halogens is 1. The van der Waals surface area contributed by atoms with Crippen LogP contribution < -0.4 is 11.1 Å². The average molecular weight is 271 g/mol. The highest BCUT2D eigenvalue weighted by Crippen LogP contribution is 2.18. The largest absolute Gasteiger partial charge is 0.393 e. The van der Waals surface area contributed by atoms with E-state index in [4.69, 9.17) is 29.6 Å². The minimum absolute atomic E-state index is 0.0848. The van der Waals surface area contributed by atoms with Gasteiger partial charge in [0.05, 0.1) is 4.99 Å². The van der Waals surface area contributed by atoms with Crippen LogP contribution in [-0.4, -0.2) is 16.9 Å². The van der Waals surface area contributed by atoms with Crippen LogP contribution in [0.3, 0.4) is 0 Å². The molecule has 1 rings (SSSR count). The fourth-order valence-electron chi connectivity index (χ4n) is 1.51. The van der Waals surface area contributed by atoms with E-state index in [1.165, 1.54) is 0 Å². The number of benzene rings is 1. The molecule has 1 amide bonds. The zero-order chi connectivity index (χ0) is 13.0. The predicted molar refractivity (Wildman–Crippen MR) is 74.5 cm³/mol. The lowest BCUT2D eigenvalue weighted by Gasteiger charge is -2.14. The number of hydrogen-bond donors (Lipinski definition) is 2. The second kappa shape index (κ2) is 5.98. The van der Waals surface area contributed by atoms with Crippen molar-refractivity contribution in [2.45, 2.75) is 26.3 Å². The average Bonchev–Trinajstić information content (AvgIpc) is 2.20. The molecule has 0 saturated heterocycles. The Bertz CT molecular complexity index is 448. The minimum atomic E-state index is -0.159. The molecule has 17 heavy (non-hydrogen) atoms. The van der Waals surface area contributed by atoms with E-state index in [-0.39, 0.29) is 11.9 Å². The van der Waals surface area contributed by atoms with Gasteiger partial charge in [0, 0.05) is 23.0 Å². The van der Waals surface area contributed by atoms with Crippen molar-refractivity contribution in [3.05, 3.63) is 34.3 Å². The monoisotopic (exact) mass is 270 g/mol. The number of thiocarbonyl (C=S) groups is 1. The summed E-state index contributed by atoms with van der Waals surface area (Å²) in [5.74, 6) is -0.159. The van der Waals surface area contributed by atoms with E-state index < -0.39 is 0 Å². The summed E-state index contributed by atoms with van der Waals surface area (Å²) in [4.78, 5) is 12.3. The third kappa shape index (κ3) is 3.98. The second-order valence-corrected chi connectivity index (χ2v) is 4.89. The summed E-state index contributed by atoms with van der Waals surface area (Å²) in [7, 11) is 0. The molecule has 5 heteroatoms. The zero-order valence-electron chi connectivity index (χ0n) is 9.79. The highest BCUT2D eigenvalue weighted by atomic mass is 35.5. The van der Waals surface area contributed by atoms with Crippen molar-refractivity contribution in [1.29, 1.82) is 0 Å². The van der Waals surface area contributed by atoms with Crippen LogP contribution in [0.2, 0.25) is 5.02 Å². The fraction of sp³-hybridized carbons (Fsp3) is 0.333. The first kappa shape index (κ1) is 13.9. The third-order valence-corrected chi connectivity index (χ3v) is 2.97. The summed E-state index contributed by atoms with van der Waals surface area (Å²) in [5.41, 5.74) is 6.77. The van der Waals surface area contributed by atoms with Crippen LogP contribution in [-0.2, 0) is 0 Å². The molecule has 0 bridgehead atoms. The van der Waals surface area contributed by atoms with E-state index in [1.54, 1.807) is 18.2 Å². The van der Waals surface area contributed by atoms with Crippen LogP contribution in [0.25, 0.3) is 0 Å². The van der Waals surface area contributed by atoms with Gasteiger partial charge < -0.3 is 11.1 Å². The van der Waals surface area contributed by atoms with Gasteiger partial charge in [-0.15, -0.1) is 0 Å². The Morgan fingerprint density at radius 3 is 2.82 bits per heavy atom. The molecule has 0 aliphatic heterocycles. The van der Waals surface area contributed by atoms with Crippen molar-refractivity contribution in [2.75, 3.05) is 0 Å². The topological polar surface area (TPSA) is 55.1 Å². The summed E-state index contributed by atoms with van der Waals surface area (Å²) in [6.45, 7) is 3.67. The van der Waals surface area contributed by atoms with Gasteiger partial charge in [0.15, 0.2) is 0 Å². The molecule has 0 fully saturated rings. The van der Waals surface area contributed by atoms with Gasteiger partial charge in [0.1, 0.15) is 0 Å². The SMILES string of the molecule is Cc1c(Cl)cccc1C(=O)NC(C)CC(N)=S. The van der Waals surface area contributed by atoms with Crippen LogP contribution in [0.1, 0.15) is 29.3 Å². The van der Waals surface area contributed by atoms with Crippen LogP contribution in [0, 0.1) is 6.92 Å². The maximum atomic E-state index is 12.0. The maximum absolute atomic E-state index is 12.0. The number of carbonyl (C=O) groups is 1. The molecule has 0 aromatic heterocycles. The van der Waals surface area contributed by atoms with Crippen molar-refractivity contribution < 1.29 is 4.79 Å². The molecule has 1 aromatic rings. The van der Waals surface area contributed by atoms with Gasteiger partial charge >= 0.3 is 0 Å². The van der Waals surface area contributed by atoms with Gasteiger partial charge in [-0.2, -0.15) is 0 Å². The Balaban J connectivity index is 2.77. The molecule has 3 N–H and O–H groups in total. The van der Waals surface area contributed by atoms with Crippen molar-refractivity contribution in [3.63, 3.8) is 0 Å². The Kier molecular flexibility index (Phi) is 4.90. The lowest BCUT2D eigenvalue weighted by Crippen LogP contribution is -2.35. The Labute approximate surface area is 111 Å². The number of amides is 1. The normalized spacial score (nSPS) is 11.9. The van der Waals surface area contributed by atoms with Gasteiger partial charge in [-0.05, 0) is 31.5 Å². The molecule has 0 heterocycles. The first-order valence-corrected chi connectivity index (χ1v) is 6.04. The van der Waals surface area contributed by atoms with Crippen molar-refractivity contribution in [2.24, 2.45) is 5.73 Å². The first-order valence-electron chi connectivity index (χ1n) is 5.26. The second-order valence-electron chi connectivity index (χ2n) is 3.96. The first-order chi connectivity index (χ1) is 7.91. The molecular formula is C12H15ClN2OS. The molecular weight excluding hydrogens is 256 g/mol. The van der Waals surface area contributed by atoms with Gasteiger partial charge in [-0.1, -0.05) is 29.9 Å². The van der Waals surface area contributed by atoms with Crippen LogP contribution >= 0.6 is 23.8 Å². The summed E-state index contributed by atoms with van der Waals surface area (Å²) in [6.07, 6.45) is 0.487. The Morgan fingerprint density at radius 1 is 1.59 bits per heavy atom. The van der Waals surface area contributed by atoms with Crippen LogP contribution in [0.5, 0.6) is 0 Å². The summed E-state index contributed by atoms with van der Waals surface area (Å²) in [6, 6.07) is 5.16. The van der Waals surface area contributed by atoms with Gasteiger partial charge in [0.25, 0.3) is 5.91 Å². The molecule has 3 nitrogen and oxygen atoms in total. The lowest BCUT2D eigenvalue weighted by atomic mass is 10.1. The summed E-state index contributed by atoms with van der Waals surface area (Å²) < 4.78 is 0. The molecule has 1 aromatic carbocycles. The highest BCUT2D eigenvalue weighted by molar-refractivity contribution is 7.80. The standard InChI is InChI=1S/C12H15ClN2OS/c1-7(6-11(14)17)15-12(16)9-4-3-5-10(13)8(9)2/h3-5,7H,6H2,1-2H3,(H2,14,17)(H,15,16). The molecule has 0 spiro atoms. The van der Waals surface area contributed by atoms with E-state index in [0.29, 0.717) is 22.0 Å². The van der Waals surface area contributed by atoms with Crippen LogP contribution in [0.4, 0.5) is 0 Å². The maximum Gasteiger partial charge on any atom is 0.251 e. The van der Waals surface area contributed by atoms with Gasteiger partial charge in [0.2, 0.25) is 0 Å². The van der Waals surface area contributed by atoms with E-state index in [1.807, 2.05) is 13.8 Å². The zero-order valence-corrected chi connectivity index (χ0v) is 11.4. The molecule has 92 valence electrons. The number of hydrogen-bond acceptors (Lipinski definition) is 2. The number of rotatable bonds is 4. The predicted octanol–water partition coefficient (Wildman–Crippen LogP) is 2.44. The Morgan fingerprint density at radius 2 is 2.24 bits per heavy atom. The summed E-state index contributed by atoms with van der Waals surface area (Å²) >= 11 is 10.8. The number of nitrogens with two attached hydrogens (primary N) is 1. The quantitative estimate of drug-likeness (QED) is 0.827. The van der Waals surface area contributed by atoms with E-state index in [0.717, 1.165) is 5.56 Å². The molecule has 0 saturated carbocycles. The molecule has 1 atom stereocenters. The van der Waals surface area contributed by atoms with Crippen LogP contribution in [0.15, 0.2) is 18.2 Å². The number of carbonyl (C=O) groups excluding carboxylic acids is 1. The van der Waals surface area contributed by atoms with Crippen molar-refractivity contribution in [1.82, 2.24) is 5.32 Å². The van der Waals surface area contributed by atoms with Gasteiger partial charge in [-0.25, -0.2) is 0 Å². The molecule has 0 aliphatic rings. The van der Waals surface area contributed by atoms with E-state index in [9.17, 15) is 4.79 Å². The smallest absolute Gasteiger partial charge is 0.251 e. The third-order valence-electron chi connectivity index (χ3n) is 2.40. The van der Waals surface area contributed by atoms with Gasteiger partial charge in [-0.3, -0.25) is 4.79 Å².